The third-order valence-corrected chi connectivity index (χ3v) is 7.87. The number of ether oxygens (including phenoxy) is 1. The predicted octanol–water partition coefficient (Wildman–Crippen LogP) is 0.550. The van der Waals surface area contributed by atoms with E-state index in [9.17, 15) is 19.5 Å². The third-order valence-electron chi connectivity index (χ3n) is 7.87. The summed E-state index contributed by atoms with van der Waals surface area (Å²) in [5, 5.41) is 13.8. The summed E-state index contributed by atoms with van der Waals surface area (Å²) in [6.45, 7) is 3.76. The fourth-order valence-corrected chi connectivity index (χ4v) is 5.65. The van der Waals surface area contributed by atoms with Crippen LogP contribution in [0.25, 0.3) is 0 Å². The molecule has 11 heteroatoms. The van der Waals surface area contributed by atoms with Crippen LogP contribution in [-0.4, -0.2) is 81.9 Å². The van der Waals surface area contributed by atoms with E-state index in [1.807, 2.05) is 19.3 Å². The Balaban J connectivity index is 1.11. The van der Waals surface area contributed by atoms with E-state index >= 15 is 0 Å². The molecule has 0 bridgehead atoms. The number of pyridine rings is 2. The van der Waals surface area contributed by atoms with Crippen molar-refractivity contribution >= 4 is 23.5 Å². The van der Waals surface area contributed by atoms with Crippen LogP contribution in [0.5, 0.6) is 5.75 Å². The van der Waals surface area contributed by atoms with Gasteiger partial charge in [-0.15, -0.1) is 0 Å². The monoisotopic (exact) mass is 506 g/mol. The number of piperidine rings is 2. The first-order valence-corrected chi connectivity index (χ1v) is 12.7. The number of aromatic nitrogens is 2. The molecule has 2 aromatic heterocycles. The Kier molecular flexibility index (Phi) is 5.84. The van der Waals surface area contributed by atoms with Crippen LogP contribution in [-0.2, 0) is 28.3 Å². The van der Waals surface area contributed by atoms with Crippen molar-refractivity contribution in [2.24, 2.45) is 0 Å². The summed E-state index contributed by atoms with van der Waals surface area (Å²) >= 11 is 0. The molecule has 0 aliphatic carbocycles. The summed E-state index contributed by atoms with van der Waals surface area (Å²) in [5.74, 6) is 0.641. The first kappa shape index (κ1) is 23.8. The quantitative estimate of drug-likeness (QED) is 0.572. The van der Waals surface area contributed by atoms with Crippen molar-refractivity contribution in [2.45, 2.75) is 50.4 Å². The number of hydrogen-bond donors (Lipinski definition) is 2. The summed E-state index contributed by atoms with van der Waals surface area (Å²) in [7, 11) is 2.01. The molecule has 2 fully saturated rings. The van der Waals surface area contributed by atoms with Crippen LogP contribution >= 0.6 is 0 Å². The first-order valence-electron chi connectivity index (χ1n) is 12.7. The van der Waals surface area contributed by atoms with E-state index in [0.29, 0.717) is 55.9 Å². The van der Waals surface area contributed by atoms with Crippen LogP contribution in [0.15, 0.2) is 24.4 Å². The molecular weight excluding hydrogens is 476 g/mol. The zero-order chi connectivity index (χ0) is 25.7. The van der Waals surface area contributed by atoms with Gasteiger partial charge in [-0.25, -0.2) is 4.98 Å². The molecule has 0 spiro atoms. The Bertz CT molecular complexity index is 1270. The molecule has 6 heterocycles. The maximum atomic E-state index is 12.9. The van der Waals surface area contributed by atoms with Crippen molar-refractivity contribution in [2.75, 3.05) is 38.2 Å². The van der Waals surface area contributed by atoms with Gasteiger partial charge in [0.25, 0.3) is 5.91 Å². The standard InChI is InChI=1S/C26H30N6O5/c1-30-10-11-37-20-12-16(13-27-23(20)30)14-31-8-6-26(36,7-9-31)21-4-2-17-18(28-21)15-32(25(17)35)19-3-5-22(33)29-24(19)34/h2,4,12-13,19,36H,3,5-11,14-15H2,1H3,(H,29,33,34). The number of imide groups is 1. The highest BCUT2D eigenvalue weighted by molar-refractivity contribution is 6.05. The highest BCUT2D eigenvalue weighted by Gasteiger charge is 2.41. The predicted molar refractivity (Wildman–Crippen MR) is 132 cm³/mol. The average molecular weight is 507 g/mol. The van der Waals surface area contributed by atoms with Gasteiger partial charge in [0, 0.05) is 39.3 Å². The third kappa shape index (κ3) is 4.31. The van der Waals surface area contributed by atoms with Gasteiger partial charge in [0.05, 0.1) is 30.0 Å². The van der Waals surface area contributed by atoms with Crippen LogP contribution < -0.4 is 15.0 Å². The van der Waals surface area contributed by atoms with E-state index in [0.717, 1.165) is 30.2 Å². The van der Waals surface area contributed by atoms with Crippen LogP contribution in [0.1, 0.15) is 53.0 Å². The lowest BCUT2D eigenvalue weighted by Gasteiger charge is -2.38. The van der Waals surface area contributed by atoms with Gasteiger partial charge < -0.3 is 19.6 Å². The number of fused-ring (bicyclic) bond motifs is 2. The fraction of sp³-hybridized carbons (Fsp3) is 0.500. The van der Waals surface area contributed by atoms with Gasteiger partial charge >= 0.3 is 0 Å². The summed E-state index contributed by atoms with van der Waals surface area (Å²) in [4.78, 5) is 51.8. The van der Waals surface area contributed by atoms with E-state index < -0.39 is 17.6 Å². The van der Waals surface area contributed by atoms with Gasteiger partial charge in [0.2, 0.25) is 11.8 Å². The number of carbonyl (C=O) groups is 3. The van der Waals surface area contributed by atoms with Crippen LogP contribution in [0.2, 0.25) is 0 Å². The molecule has 37 heavy (non-hydrogen) atoms. The first-order chi connectivity index (χ1) is 17.8. The molecule has 2 aromatic rings. The number of carbonyl (C=O) groups excluding carboxylic acids is 3. The Labute approximate surface area is 214 Å². The molecule has 2 N–H and O–H groups in total. The normalized spacial score (nSPS) is 23.4. The number of anilines is 1. The zero-order valence-corrected chi connectivity index (χ0v) is 20.8. The topological polar surface area (TPSA) is 128 Å². The van der Waals surface area contributed by atoms with Gasteiger partial charge in [0.15, 0.2) is 11.6 Å². The minimum Gasteiger partial charge on any atom is -0.488 e. The maximum Gasteiger partial charge on any atom is 0.256 e. The minimum absolute atomic E-state index is 0.194. The Hall–Kier alpha value is -3.57. The molecule has 2 saturated heterocycles. The van der Waals surface area contributed by atoms with E-state index in [1.165, 1.54) is 4.90 Å². The molecule has 6 rings (SSSR count). The van der Waals surface area contributed by atoms with Gasteiger partial charge in [-0.1, -0.05) is 0 Å². The SMILES string of the molecule is CN1CCOc2cc(CN3CCC(O)(c4ccc5c(n4)CN(C4CCC(=O)NC4=O)C5=O)CC3)cnc21. The second-order valence-electron chi connectivity index (χ2n) is 10.3. The average Bonchev–Trinajstić information content (AvgIpc) is 3.21. The molecule has 1 unspecified atom stereocenters. The lowest BCUT2D eigenvalue weighted by atomic mass is 9.87. The lowest BCUT2D eigenvalue weighted by Crippen LogP contribution is -2.52. The summed E-state index contributed by atoms with van der Waals surface area (Å²) in [5.41, 5.74) is 1.55. The number of aliphatic hydroxyl groups is 1. The number of likely N-dealkylation sites (tertiary alicyclic amines) is 1. The number of nitrogens with one attached hydrogen (secondary N) is 1. The molecule has 11 nitrogen and oxygen atoms in total. The number of amides is 3. The minimum atomic E-state index is -1.09. The molecule has 0 saturated carbocycles. The molecule has 1 atom stereocenters. The zero-order valence-electron chi connectivity index (χ0n) is 20.8. The summed E-state index contributed by atoms with van der Waals surface area (Å²) in [6.07, 6.45) is 3.43. The van der Waals surface area contributed by atoms with E-state index in [1.54, 1.807) is 12.1 Å². The van der Waals surface area contributed by atoms with Crippen molar-refractivity contribution in [3.05, 3.63) is 46.9 Å². The van der Waals surface area contributed by atoms with E-state index in [-0.39, 0.29) is 24.8 Å². The van der Waals surface area contributed by atoms with Crippen molar-refractivity contribution in [1.82, 2.24) is 25.1 Å². The molecule has 194 valence electrons. The van der Waals surface area contributed by atoms with Crippen molar-refractivity contribution in [3.63, 3.8) is 0 Å². The summed E-state index contributed by atoms with van der Waals surface area (Å²) < 4.78 is 5.78. The van der Waals surface area contributed by atoms with Crippen LogP contribution in [0, 0.1) is 0 Å². The highest BCUT2D eigenvalue weighted by atomic mass is 16.5. The summed E-state index contributed by atoms with van der Waals surface area (Å²) in [6, 6.07) is 4.79. The number of nitrogens with zero attached hydrogens (tertiary/aromatic N) is 5. The lowest BCUT2D eigenvalue weighted by molar-refractivity contribution is -0.136. The van der Waals surface area contributed by atoms with Gasteiger partial charge in [0.1, 0.15) is 18.2 Å². The van der Waals surface area contributed by atoms with E-state index in [4.69, 9.17) is 4.74 Å². The number of hydrogen-bond acceptors (Lipinski definition) is 9. The van der Waals surface area contributed by atoms with Crippen molar-refractivity contribution in [3.8, 4) is 5.75 Å². The van der Waals surface area contributed by atoms with Crippen molar-refractivity contribution in [1.29, 1.82) is 0 Å². The van der Waals surface area contributed by atoms with Gasteiger partial charge in [-0.3, -0.25) is 29.6 Å². The smallest absolute Gasteiger partial charge is 0.256 e. The second-order valence-corrected chi connectivity index (χ2v) is 10.3. The molecular formula is C26H30N6O5. The molecule has 4 aliphatic rings. The Morgan fingerprint density at radius 1 is 1.19 bits per heavy atom. The molecule has 4 aliphatic heterocycles. The molecule has 0 radical (unpaired) electrons. The highest BCUT2D eigenvalue weighted by Crippen LogP contribution is 2.35. The number of likely N-dealkylation sites (N-methyl/N-ethyl adjacent to an activating group) is 1. The molecule has 3 amide bonds. The maximum absolute atomic E-state index is 12.9. The van der Waals surface area contributed by atoms with Crippen LogP contribution in [0.3, 0.4) is 0 Å². The second kappa shape index (κ2) is 9.07. The van der Waals surface area contributed by atoms with Crippen molar-refractivity contribution < 1.29 is 24.2 Å². The number of rotatable bonds is 4. The fourth-order valence-electron chi connectivity index (χ4n) is 5.65. The van der Waals surface area contributed by atoms with Crippen LogP contribution in [0.4, 0.5) is 5.82 Å². The van der Waals surface area contributed by atoms with Gasteiger partial charge in [-0.2, -0.15) is 0 Å². The van der Waals surface area contributed by atoms with Gasteiger partial charge in [-0.05, 0) is 43.0 Å². The Morgan fingerprint density at radius 2 is 2.00 bits per heavy atom. The molecule has 0 aromatic carbocycles. The Morgan fingerprint density at radius 3 is 2.78 bits per heavy atom. The van der Waals surface area contributed by atoms with E-state index in [2.05, 4.69) is 25.1 Å². The largest absolute Gasteiger partial charge is 0.488 e.